The number of aliphatic hydroxyl groups is 1. The summed E-state index contributed by atoms with van der Waals surface area (Å²) < 4.78 is 11.3. The van der Waals surface area contributed by atoms with Crippen molar-refractivity contribution < 1.29 is 23.8 Å². The minimum atomic E-state index is -0.878. The van der Waals surface area contributed by atoms with Crippen molar-refractivity contribution in [2.24, 2.45) is 0 Å². The normalized spacial score (nSPS) is 17.6. The van der Waals surface area contributed by atoms with E-state index in [0.29, 0.717) is 29.4 Å². The Morgan fingerprint density at radius 1 is 1.06 bits per heavy atom. The Morgan fingerprint density at radius 2 is 1.85 bits per heavy atom. The lowest BCUT2D eigenvalue weighted by Gasteiger charge is -2.25. The first-order chi connectivity index (χ1) is 15.8. The van der Waals surface area contributed by atoms with Gasteiger partial charge in [-0.15, -0.1) is 0 Å². The molecule has 2 heterocycles. The molecule has 3 aromatic rings. The Hall–Kier alpha value is -3.80. The van der Waals surface area contributed by atoms with Gasteiger partial charge in [-0.1, -0.05) is 19.1 Å². The van der Waals surface area contributed by atoms with Crippen LogP contribution in [0.5, 0.6) is 5.75 Å². The SMILES string of the molecule is CCCOc1ccc(/C(O)=C2/C(=O)C(=O)N(c3cc(C)ccc3C)C2c2ccco2)cc1C. The van der Waals surface area contributed by atoms with Crippen LogP contribution in [0.2, 0.25) is 0 Å². The van der Waals surface area contributed by atoms with Crippen LogP contribution >= 0.6 is 0 Å². The second-order valence-electron chi connectivity index (χ2n) is 8.30. The first-order valence-corrected chi connectivity index (χ1v) is 11.0. The van der Waals surface area contributed by atoms with Crippen molar-refractivity contribution in [1.82, 2.24) is 0 Å². The number of amides is 1. The molecule has 6 heteroatoms. The standard InChI is InChI=1S/C27H27NO5/c1-5-12-32-21-11-10-19(15-18(21)4)25(29)23-24(22-7-6-13-33-22)28(27(31)26(23)30)20-14-16(2)8-9-17(20)3/h6-11,13-15,24,29H,5,12H2,1-4H3/b25-23-. The van der Waals surface area contributed by atoms with Gasteiger partial charge in [-0.2, -0.15) is 0 Å². The predicted molar refractivity (Wildman–Crippen MR) is 126 cm³/mol. The molecule has 1 N–H and O–H groups in total. The van der Waals surface area contributed by atoms with Crippen LogP contribution in [0, 0.1) is 20.8 Å². The van der Waals surface area contributed by atoms with Gasteiger partial charge in [-0.05, 0) is 80.3 Å². The molecule has 1 fully saturated rings. The molecule has 4 rings (SSSR count). The van der Waals surface area contributed by atoms with Gasteiger partial charge in [0.25, 0.3) is 11.7 Å². The maximum absolute atomic E-state index is 13.2. The summed E-state index contributed by atoms with van der Waals surface area (Å²) in [6.45, 7) is 8.29. The average Bonchev–Trinajstić information content (AvgIpc) is 3.41. The highest BCUT2D eigenvalue weighted by Crippen LogP contribution is 2.43. The highest BCUT2D eigenvalue weighted by atomic mass is 16.5. The molecule has 1 amide bonds. The first kappa shape index (κ1) is 22.4. The number of aryl methyl sites for hydroxylation is 3. The van der Waals surface area contributed by atoms with Crippen molar-refractivity contribution >= 4 is 23.1 Å². The Bertz CT molecular complexity index is 1240. The summed E-state index contributed by atoms with van der Waals surface area (Å²) in [7, 11) is 0. The third kappa shape index (κ3) is 4.04. The molecule has 0 aliphatic carbocycles. The van der Waals surface area contributed by atoms with E-state index >= 15 is 0 Å². The molecule has 6 nitrogen and oxygen atoms in total. The highest BCUT2D eigenvalue weighted by molar-refractivity contribution is 6.51. The van der Waals surface area contributed by atoms with E-state index in [1.807, 2.05) is 45.9 Å². The monoisotopic (exact) mass is 445 g/mol. The number of Topliss-reactive ketones (excluding diaryl/α,β-unsaturated/α-hetero) is 1. The van der Waals surface area contributed by atoms with Crippen LogP contribution in [-0.2, 0) is 9.59 Å². The van der Waals surface area contributed by atoms with Crippen molar-refractivity contribution in [3.05, 3.63) is 88.4 Å². The van der Waals surface area contributed by atoms with Gasteiger partial charge in [-0.25, -0.2) is 0 Å². The largest absolute Gasteiger partial charge is 0.507 e. The fourth-order valence-electron chi connectivity index (χ4n) is 4.10. The number of ketones is 1. The number of benzene rings is 2. The molecule has 0 spiro atoms. The van der Waals surface area contributed by atoms with E-state index in [-0.39, 0.29) is 11.3 Å². The fourth-order valence-corrected chi connectivity index (χ4v) is 4.10. The minimum absolute atomic E-state index is 0.00233. The van der Waals surface area contributed by atoms with E-state index in [9.17, 15) is 14.7 Å². The van der Waals surface area contributed by atoms with E-state index < -0.39 is 17.7 Å². The van der Waals surface area contributed by atoms with Crippen LogP contribution in [0.25, 0.3) is 5.76 Å². The number of ether oxygens (including phenoxy) is 1. The maximum Gasteiger partial charge on any atom is 0.300 e. The van der Waals surface area contributed by atoms with Crippen LogP contribution in [0.4, 0.5) is 5.69 Å². The van der Waals surface area contributed by atoms with Crippen LogP contribution < -0.4 is 9.64 Å². The summed E-state index contributed by atoms with van der Waals surface area (Å²) in [5, 5.41) is 11.3. The lowest BCUT2D eigenvalue weighted by Crippen LogP contribution is -2.30. The number of rotatable bonds is 6. The van der Waals surface area contributed by atoms with Crippen molar-refractivity contribution in [2.45, 2.75) is 40.2 Å². The Balaban J connectivity index is 1.87. The molecular weight excluding hydrogens is 418 g/mol. The minimum Gasteiger partial charge on any atom is -0.507 e. The molecule has 170 valence electrons. The highest BCUT2D eigenvalue weighted by Gasteiger charge is 2.48. The molecule has 1 unspecified atom stereocenters. The number of carbonyl (C=O) groups is 2. The maximum atomic E-state index is 13.2. The van der Waals surface area contributed by atoms with Crippen LogP contribution in [0.15, 0.2) is 64.8 Å². The molecule has 0 radical (unpaired) electrons. The average molecular weight is 446 g/mol. The fraction of sp³-hybridized carbons (Fsp3) is 0.259. The van der Waals surface area contributed by atoms with Crippen LogP contribution in [-0.4, -0.2) is 23.4 Å². The topological polar surface area (TPSA) is 80.0 Å². The van der Waals surface area contributed by atoms with Gasteiger partial charge in [0, 0.05) is 11.3 Å². The summed E-state index contributed by atoms with van der Waals surface area (Å²) in [4.78, 5) is 27.9. The zero-order valence-corrected chi connectivity index (χ0v) is 19.2. The van der Waals surface area contributed by atoms with Crippen LogP contribution in [0.3, 0.4) is 0 Å². The van der Waals surface area contributed by atoms with Gasteiger partial charge >= 0.3 is 0 Å². The van der Waals surface area contributed by atoms with Crippen molar-refractivity contribution in [1.29, 1.82) is 0 Å². The zero-order valence-electron chi connectivity index (χ0n) is 19.2. The predicted octanol–water partition coefficient (Wildman–Crippen LogP) is 5.62. The van der Waals surface area contributed by atoms with Gasteiger partial charge in [-0.3, -0.25) is 14.5 Å². The zero-order chi connectivity index (χ0) is 23.7. The molecule has 1 aromatic heterocycles. The second kappa shape index (κ2) is 8.98. The summed E-state index contributed by atoms with van der Waals surface area (Å²) in [6.07, 6.45) is 2.37. The quantitative estimate of drug-likeness (QED) is 0.303. The summed E-state index contributed by atoms with van der Waals surface area (Å²) >= 11 is 0. The lowest BCUT2D eigenvalue weighted by molar-refractivity contribution is -0.132. The van der Waals surface area contributed by atoms with Gasteiger partial charge in [0.1, 0.15) is 23.3 Å². The molecule has 1 atom stereocenters. The summed E-state index contributed by atoms with van der Waals surface area (Å²) in [5.41, 5.74) is 3.66. The van der Waals surface area contributed by atoms with Gasteiger partial charge in [0.05, 0.1) is 18.4 Å². The molecule has 0 saturated carbocycles. The molecule has 0 bridgehead atoms. The number of carbonyl (C=O) groups excluding carboxylic acids is 2. The van der Waals surface area contributed by atoms with Gasteiger partial charge in [0.15, 0.2) is 0 Å². The van der Waals surface area contributed by atoms with Gasteiger partial charge in [0.2, 0.25) is 0 Å². The Morgan fingerprint density at radius 3 is 2.52 bits per heavy atom. The number of aliphatic hydroxyl groups excluding tert-OH is 1. The van der Waals surface area contributed by atoms with Crippen LogP contribution in [0.1, 0.15) is 47.4 Å². The molecule has 1 aliphatic rings. The van der Waals surface area contributed by atoms with Crippen molar-refractivity contribution in [3.8, 4) is 5.75 Å². The van der Waals surface area contributed by atoms with Crippen molar-refractivity contribution in [3.63, 3.8) is 0 Å². The Labute approximate surface area is 193 Å². The number of anilines is 1. The van der Waals surface area contributed by atoms with Gasteiger partial charge < -0.3 is 14.3 Å². The number of furan rings is 1. The first-order valence-electron chi connectivity index (χ1n) is 11.0. The van der Waals surface area contributed by atoms with E-state index in [0.717, 1.165) is 23.1 Å². The molecule has 2 aromatic carbocycles. The third-order valence-electron chi connectivity index (χ3n) is 5.79. The molecule has 1 aliphatic heterocycles. The van der Waals surface area contributed by atoms with E-state index in [2.05, 4.69) is 0 Å². The number of hydrogen-bond donors (Lipinski definition) is 1. The third-order valence-corrected chi connectivity index (χ3v) is 5.79. The summed E-state index contributed by atoms with van der Waals surface area (Å²) in [6, 6.07) is 13.4. The lowest BCUT2D eigenvalue weighted by atomic mass is 9.98. The number of hydrogen-bond acceptors (Lipinski definition) is 5. The molecule has 33 heavy (non-hydrogen) atoms. The summed E-state index contributed by atoms with van der Waals surface area (Å²) in [5.74, 6) is -0.583. The van der Waals surface area contributed by atoms with Crippen molar-refractivity contribution in [2.75, 3.05) is 11.5 Å². The molecule has 1 saturated heterocycles. The molecular formula is C27H27NO5. The number of nitrogens with zero attached hydrogens (tertiary/aromatic N) is 1. The van der Waals surface area contributed by atoms with E-state index in [4.69, 9.17) is 9.15 Å². The second-order valence-corrected chi connectivity index (χ2v) is 8.30. The van der Waals surface area contributed by atoms with E-state index in [1.54, 1.807) is 30.3 Å². The Kier molecular flexibility index (Phi) is 6.09. The van der Waals surface area contributed by atoms with E-state index in [1.165, 1.54) is 11.2 Å². The smallest absolute Gasteiger partial charge is 0.300 e.